The van der Waals surface area contributed by atoms with E-state index in [0.29, 0.717) is 16.5 Å². The number of alkyl halides is 3. The first-order valence-electron chi connectivity index (χ1n) is 9.79. The van der Waals surface area contributed by atoms with Crippen molar-refractivity contribution in [3.63, 3.8) is 0 Å². The second-order valence-electron chi connectivity index (χ2n) is 6.91. The molecule has 1 heterocycles. The van der Waals surface area contributed by atoms with Crippen molar-refractivity contribution in [1.29, 1.82) is 0 Å². The van der Waals surface area contributed by atoms with Gasteiger partial charge >= 0.3 is 6.18 Å². The lowest BCUT2D eigenvalue weighted by Crippen LogP contribution is -2.03. The summed E-state index contributed by atoms with van der Waals surface area (Å²) in [5.74, 6) is 0.947. The number of unbranched alkanes of at least 4 members (excludes halogenated alkanes) is 1. The molecule has 0 saturated carbocycles. The largest absolute Gasteiger partial charge is 0.457 e. The highest BCUT2D eigenvalue weighted by molar-refractivity contribution is 6.31. The van der Waals surface area contributed by atoms with Crippen molar-refractivity contribution in [2.24, 2.45) is 0 Å². The minimum Gasteiger partial charge on any atom is -0.457 e. The maximum atomic E-state index is 12.6. The zero-order valence-corrected chi connectivity index (χ0v) is 17.3. The van der Waals surface area contributed by atoms with Gasteiger partial charge in [-0.05, 0) is 74.1 Å². The number of benzene rings is 2. The topological polar surface area (TPSA) is 35.0 Å². The highest BCUT2D eigenvalue weighted by Crippen LogP contribution is 2.31. The van der Waals surface area contributed by atoms with Crippen LogP contribution >= 0.6 is 11.6 Å². The molecule has 0 fully saturated rings. The van der Waals surface area contributed by atoms with E-state index in [0.717, 1.165) is 61.2 Å². The van der Waals surface area contributed by atoms with Gasteiger partial charge in [0.2, 0.25) is 0 Å². The normalized spacial score (nSPS) is 11.5. The summed E-state index contributed by atoms with van der Waals surface area (Å²) in [6, 6.07) is 12.2. The Bertz CT molecular complexity index is 958. The zero-order valence-electron chi connectivity index (χ0n) is 16.5. The molecule has 0 amide bonds. The van der Waals surface area contributed by atoms with Crippen molar-refractivity contribution >= 4 is 11.6 Å². The Morgan fingerprint density at radius 2 is 1.40 bits per heavy atom. The van der Waals surface area contributed by atoms with Crippen LogP contribution in [0.15, 0.2) is 54.9 Å². The number of ether oxygens (including phenoxy) is 1. The first kappa shape index (κ1) is 22.1. The van der Waals surface area contributed by atoms with Gasteiger partial charge in [-0.3, -0.25) is 0 Å². The Balaban J connectivity index is 1.48. The van der Waals surface area contributed by atoms with Crippen molar-refractivity contribution in [1.82, 2.24) is 9.97 Å². The van der Waals surface area contributed by atoms with Gasteiger partial charge in [0.15, 0.2) is 0 Å². The van der Waals surface area contributed by atoms with E-state index in [2.05, 4.69) is 9.97 Å². The fraction of sp³-hybridized carbons (Fsp3) is 0.304. The van der Waals surface area contributed by atoms with E-state index in [-0.39, 0.29) is 0 Å². The molecule has 0 spiro atoms. The van der Waals surface area contributed by atoms with Crippen LogP contribution < -0.4 is 4.74 Å². The summed E-state index contributed by atoms with van der Waals surface area (Å²) in [7, 11) is 0. The van der Waals surface area contributed by atoms with Crippen LogP contribution in [0.1, 0.15) is 42.3 Å². The summed E-state index contributed by atoms with van der Waals surface area (Å²) in [6.07, 6.45) is 1.67. The van der Waals surface area contributed by atoms with Crippen LogP contribution in [0, 0.1) is 0 Å². The van der Waals surface area contributed by atoms with E-state index in [1.807, 2.05) is 31.2 Å². The molecule has 3 nitrogen and oxygen atoms in total. The van der Waals surface area contributed by atoms with Crippen LogP contribution in [-0.4, -0.2) is 9.97 Å². The first-order chi connectivity index (χ1) is 14.4. The van der Waals surface area contributed by atoms with Gasteiger partial charge in [0.1, 0.15) is 17.8 Å². The summed E-state index contributed by atoms with van der Waals surface area (Å²) >= 11 is 6.33. The van der Waals surface area contributed by atoms with Crippen LogP contribution in [0.25, 0.3) is 0 Å². The minimum absolute atomic E-state index is 0.365. The molecular formula is C23H22ClF3N2O. The highest BCUT2D eigenvalue weighted by Gasteiger charge is 2.30. The first-order valence-corrected chi connectivity index (χ1v) is 10.2. The number of hydrogen-bond donors (Lipinski definition) is 0. The molecule has 0 aliphatic heterocycles. The minimum atomic E-state index is -4.35. The molecule has 158 valence electrons. The van der Waals surface area contributed by atoms with Crippen molar-refractivity contribution in [2.45, 2.75) is 45.2 Å². The quantitative estimate of drug-likeness (QED) is 0.355. The third-order valence-electron chi connectivity index (χ3n) is 4.74. The van der Waals surface area contributed by atoms with Gasteiger partial charge in [0.05, 0.1) is 22.0 Å². The van der Waals surface area contributed by atoms with Crippen LogP contribution in [0.2, 0.25) is 5.02 Å². The van der Waals surface area contributed by atoms with Gasteiger partial charge in [-0.15, -0.1) is 0 Å². The molecule has 0 aliphatic carbocycles. The maximum absolute atomic E-state index is 12.6. The Hall–Kier alpha value is -2.60. The third-order valence-corrected chi connectivity index (χ3v) is 5.17. The van der Waals surface area contributed by atoms with Crippen LogP contribution in [0.4, 0.5) is 13.2 Å². The summed E-state index contributed by atoms with van der Waals surface area (Å²) in [5, 5.41) is 0.671. The maximum Gasteiger partial charge on any atom is 0.416 e. The van der Waals surface area contributed by atoms with E-state index in [4.69, 9.17) is 16.3 Å². The lowest BCUT2D eigenvalue weighted by atomic mass is 10.1. The molecular weight excluding hydrogens is 413 g/mol. The summed E-state index contributed by atoms with van der Waals surface area (Å²) in [6.45, 7) is 2.02. The summed E-state index contributed by atoms with van der Waals surface area (Å²) in [5.41, 5.74) is 2.24. The van der Waals surface area contributed by atoms with Crippen molar-refractivity contribution in [2.75, 3.05) is 0 Å². The molecule has 3 aromatic rings. The molecule has 7 heteroatoms. The molecule has 1 aromatic heterocycles. The standard InChI is InChI=1S/C23H22ClF3N2O/c1-2-20-22(24)21(29-15-28-20)6-4-3-5-16-7-11-18(12-8-16)30-19-13-9-17(10-14-19)23(25,26)27/h7-15H,2-6H2,1H3. The second kappa shape index (κ2) is 9.94. The fourth-order valence-corrected chi connectivity index (χ4v) is 3.39. The van der Waals surface area contributed by atoms with Crippen molar-refractivity contribution < 1.29 is 17.9 Å². The number of halogens is 4. The van der Waals surface area contributed by atoms with Gasteiger partial charge in [-0.25, -0.2) is 9.97 Å². The Labute approximate surface area is 178 Å². The average Bonchev–Trinajstić information content (AvgIpc) is 2.73. The predicted octanol–water partition coefficient (Wildman–Crippen LogP) is 7.07. The van der Waals surface area contributed by atoms with Crippen LogP contribution in [0.3, 0.4) is 0 Å². The number of aryl methyl sites for hydroxylation is 3. The van der Waals surface area contributed by atoms with E-state index in [9.17, 15) is 13.2 Å². The number of hydrogen-bond acceptors (Lipinski definition) is 3. The van der Waals surface area contributed by atoms with E-state index in [1.54, 1.807) is 6.33 Å². The lowest BCUT2D eigenvalue weighted by Gasteiger charge is -2.10. The van der Waals surface area contributed by atoms with Crippen molar-refractivity contribution in [3.8, 4) is 11.5 Å². The summed E-state index contributed by atoms with van der Waals surface area (Å²) in [4.78, 5) is 8.46. The SMILES string of the molecule is CCc1ncnc(CCCCc2ccc(Oc3ccc(C(F)(F)F)cc3)cc2)c1Cl. The molecule has 0 saturated heterocycles. The smallest absolute Gasteiger partial charge is 0.416 e. The number of nitrogens with zero attached hydrogens (tertiary/aromatic N) is 2. The molecule has 0 radical (unpaired) electrons. The number of rotatable bonds is 8. The molecule has 0 N–H and O–H groups in total. The summed E-state index contributed by atoms with van der Waals surface area (Å²) < 4.78 is 43.5. The van der Waals surface area contributed by atoms with E-state index >= 15 is 0 Å². The van der Waals surface area contributed by atoms with Crippen LogP contribution in [-0.2, 0) is 25.4 Å². The predicted molar refractivity (Wildman–Crippen MR) is 111 cm³/mol. The number of aromatic nitrogens is 2. The Morgan fingerprint density at radius 3 is 2.00 bits per heavy atom. The van der Waals surface area contributed by atoms with E-state index in [1.165, 1.54) is 12.1 Å². The molecule has 3 rings (SSSR count). The molecule has 0 aliphatic rings. The Morgan fingerprint density at radius 1 is 0.833 bits per heavy atom. The van der Waals surface area contributed by atoms with E-state index < -0.39 is 11.7 Å². The van der Waals surface area contributed by atoms with Crippen molar-refractivity contribution in [3.05, 3.63) is 82.4 Å². The van der Waals surface area contributed by atoms with Gasteiger partial charge in [-0.1, -0.05) is 30.7 Å². The molecule has 30 heavy (non-hydrogen) atoms. The van der Waals surface area contributed by atoms with Gasteiger partial charge in [0, 0.05) is 0 Å². The van der Waals surface area contributed by atoms with Gasteiger partial charge in [-0.2, -0.15) is 13.2 Å². The average molecular weight is 435 g/mol. The van der Waals surface area contributed by atoms with Gasteiger partial charge in [0.25, 0.3) is 0 Å². The van der Waals surface area contributed by atoms with Crippen LogP contribution in [0.5, 0.6) is 11.5 Å². The molecule has 0 unspecified atom stereocenters. The zero-order chi connectivity index (χ0) is 21.6. The highest BCUT2D eigenvalue weighted by atomic mass is 35.5. The molecule has 0 atom stereocenters. The second-order valence-corrected chi connectivity index (χ2v) is 7.29. The third kappa shape index (κ3) is 5.95. The van der Waals surface area contributed by atoms with Gasteiger partial charge < -0.3 is 4.74 Å². The molecule has 2 aromatic carbocycles. The monoisotopic (exact) mass is 434 g/mol. The lowest BCUT2D eigenvalue weighted by molar-refractivity contribution is -0.137. The fourth-order valence-electron chi connectivity index (χ4n) is 3.06. The molecule has 0 bridgehead atoms. The Kier molecular flexibility index (Phi) is 7.32.